The van der Waals surface area contributed by atoms with Gasteiger partial charge in [-0.1, -0.05) is 0 Å². The van der Waals surface area contributed by atoms with E-state index in [1.807, 2.05) is 0 Å². The molecular formula is C10H16N4O5. The fraction of sp³-hybridized carbons (Fsp3) is 0.600. The van der Waals surface area contributed by atoms with Crippen molar-refractivity contribution in [2.24, 2.45) is 5.84 Å². The zero-order valence-corrected chi connectivity index (χ0v) is 10.2. The predicted molar refractivity (Wildman–Crippen MR) is 63.9 cm³/mol. The average Bonchev–Trinajstić information content (AvgIpc) is 2.61. The maximum atomic E-state index is 11.8. The Labute approximate surface area is 108 Å². The number of anilines is 1. The molecule has 19 heavy (non-hydrogen) atoms. The quantitative estimate of drug-likeness (QED) is 0.301. The van der Waals surface area contributed by atoms with E-state index < -0.39 is 36.3 Å². The zero-order valence-electron chi connectivity index (χ0n) is 10.2. The van der Waals surface area contributed by atoms with Gasteiger partial charge in [-0.05, 0) is 13.0 Å². The monoisotopic (exact) mass is 272 g/mol. The van der Waals surface area contributed by atoms with E-state index in [-0.39, 0.29) is 5.82 Å². The molecule has 1 fully saturated rings. The van der Waals surface area contributed by atoms with Crippen molar-refractivity contribution < 1.29 is 20.1 Å². The highest BCUT2D eigenvalue weighted by Crippen LogP contribution is 2.37. The first-order valence-electron chi connectivity index (χ1n) is 5.64. The number of ether oxygens (including phenoxy) is 1. The Morgan fingerprint density at radius 3 is 2.84 bits per heavy atom. The van der Waals surface area contributed by atoms with Gasteiger partial charge in [0.05, 0.1) is 6.61 Å². The largest absolute Gasteiger partial charge is 0.394 e. The molecule has 9 heteroatoms. The SMILES string of the molecule is C[C@@]1(O)[C@H](O)[C@@H](CO)O[C@H]1n1ccc(NN)nc1=O. The molecule has 0 spiro atoms. The minimum atomic E-state index is -1.73. The zero-order chi connectivity index (χ0) is 14.2. The Hall–Kier alpha value is -1.52. The second kappa shape index (κ2) is 4.87. The summed E-state index contributed by atoms with van der Waals surface area (Å²) in [6, 6.07) is 1.42. The molecule has 0 aromatic carbocycles. The van der Waals surface area contributed by atoms with Gasteiger partial charge in [-0.25, -0.2) is 10.6 Å². The first kappa shape index (κ1) is 13.9. The van der Waals surface area contributed by atoms with Gasteiger partial charge in [0, 0.05) is 6.20 Å². The molecule has 0 aliphatic carbocycles. The lowest BCUT2D eigenvalue weighted by Crippen LogP contribution is -2.46. The smallest absolute Gasteiger partial charge is 0.351 e. The normalized spacial score (nSPS) is 34.5. The lowest BCUT2D eigenvalue weighted by molar-refractivity contribution is -0.0986. The van der Waals surface area contributed by atoms with E-state index in [1.165, 1.54) is 19.2 Å². The minimum Gasteiger partial charge on any atom is -0.394 e. The van der Waals surface area contributed by atoms with Crippen molar-refractivity contribution in [3.8, 4) is 0 Å². The number of nitrogens with zero attached hydrogens (tertiary/aromatic N) is 2. The summed E-state index contributed by atoms with van der Waals surface area (Å²) in [5, 5.41) is 29.1. The Bertz CT molecular complexity index is 517. The topological polar surface area (TPSA) is 143 Å². The Morgan fingerprint density at radius 2 is 2.37 bits per heavy atom. The summed E-state index contributed by atoms with van der Waals surface area (Å²) in [4.78, 5) is 15.4. The molecule has 106 valence electrons. The van der Waals surface area contributed by atoms with Crippen molar-refractivity contribution in [3.05, 3.63) is 22.7 Å². The van der Waals surface area contributed by atoms with E-state index >= 15 is 0 Å². The van der Waals surface area contributed by atoms with Crippen molar-refractivity contribution in [1.29, 1.82) is 0 Å². The van der Waals surface area contributed by atoms with Crippen LogP contribution in [0.2, 0.25) is 0 Å². The summed E-state index contributed by atoms with van der Waals surface area (Å²) < 4.78 is 6.33. The summed E-state index contributed by atoms with van der Waals surface area (Å²) in [5.74, 6) is 5.29. The van der Waals surface area contributed by atoms with Gasteiger partial charge in [0.15, 0.2) is 6.23 Å². The molecule has 0 radical (unpaired) electrons. The van der Waals surface area contributed by atoms with Crippen LogP contribution in [-0.4, -0.2) is 49.3 Å². The molecule has 0 unspecified atom stereocenters. The Morgan fingerprint density at radius 1 is 1.68 bits per heavy atom. The van der Waals surface area contributed by atoms with Crippen LogP contribution in [0.1, 0.15) is 13.2 Å². The molecule has 1 aromatic rings. The standard InChI is InChI=1S/C10H16N4O5/c1-10(18)7(16)5(4-15)19-8(10)14-3-2-6(13-11)12-9(14)17/h2-3,5,7-8,15-16,18H,4,11H2,1H3,(H,12,13,17)/t5-,7-,8-,10-/m1/s1. The number of rotatable bonds is 3. The first-order valence-corrected chi connectivity index (χ1v) is 5.64. The van der Waals surface area contributed by atoms with Crippen LogP contribution in [0.15, 0.2) is 17.1 Å². The Kier molecular flexibility index (Phi) is 3.56. The maximum absolute atomic E-state index is 11.8. The molecule has 0 bridgehead atoms. The number of hydrogen-bond donors (Lipinski definition) is 5. The molecule has 1 aliphatic heterocycles. The van der Waals surface area contributed by atoms with Crippen molar-refractivity contribution in [3.63, 3.8) is 0 Å². The van der Waals surface area contributed by atoms with Crippen LogP contribution in [0, 0.1) is 0 Å². The molecule has 2 heterocycles. The van der Waals surface area contributed by atoms with Gasteiger partial charge in [-0.2, -0.15) is 4.98 Å². The van der Waals surface area contributed by atoms with Crippen LogP contribution >= 0.6 is 0 Å². The average molecular weight is 272 g/mol. The molecule has 1 aliphatic rings. The highest BCUT2D eigenvalue weighted by atomic mass is 16.6. The summed E-state index contributed by atoms with van der Waals surface area (Å²) in [5.41, 5.74) is -0.210. The van der Waals surface area contributed by atoms with Crippen LogP contribution in [0.4, 0.5) is 5.82 Å². The lowest BCUT2D eigenvalue weighted by Gasteiger charge is -2.27. The van der Waals surface area contributed by atoms with Crippen LogP contribution in [0.3, 0.4) is 0 Å². The third kappa shape index (κ3) is 2.22. The molecule has 1 aromatic heterocycles. The predicted octanol–water partition coefficient (Wildman–Crippen LogP) is -2.47. The number of aliphatic hydroxyl groups is 3. The molecule has 0 saturated carbocycles. The molecule has 0 amide bonds. The second-order valence-corrected chi connectivity index (χ2v) is 4.53. The third-order valence-corrected chi connectivity index (χ3v) is 3.17. The van der Waals surface area contributed by atoms with Crippen LogP contribution in [-0.2, 0) is 4.74 Å². The van der Waals surface area contributed by atoms with E-state index in [9.17, 15) is 15.0 Å². The summed E-state index contributed by atoms with van der Waals surface area (Å²) >= 11 is 0. The number of aliphatic hydroxyl groups excluding tert-OH is 2. The fourth-order valence-corrected chi connectivity index (χ4v) is 2.06. The van der Waals surface area contributed by atoms with Crippen molar-refractivity contribution in [1.82, 2.24) is 9.55 Å². The number of nitrogen functional groups attached to an aromatic ring is 1. The molecule has 2 rings (SSSR count). The fourth-order valence-electron chi connectivity index (χ4n) is 2.06. The van der Waals surface area contributed by atoms with E-state index in [4.69, 9.17) is 15.7 Å². The van der Waals surface area contributed by atoms with Gasteiger partial charge in [0.2, 0.25) is 0 Å². The van der Waals surface area contributed by atoms with Crippen LogP contribution < -0.4 is 17.0 Å². The van der Waals surface area contributed by atoms with Gasteiger partial charge < -0.3 is 25.5 Å². The molecular weight excluding hydrogens is 256 g/mol. The van der Waals surface area contributed by atoms with E-state index in [1.54, 1.807) is 0 Å². The maximum Gasteiger partial charge on any atom is 0.351 e. The van der Waals surface area contributed by atoms with Crippen molar-refractivity contribution in [2.75, 3.05) is 12.0 Å². The van der Waals surface area contributed by atoms with Crippen molar-refractivity contribution >= 4 is 5.82 Å². The van der Waals surface area contributed by atoms with Crippen LogP contribution in [0.25, 0.3) is 0 Å². The highest BCUT2D eigenvalue weighted by Gasteiger charge is 2.53. The van der Waals surface area contributed by atoms with Gasteiger partial charge >= 0.3 is 5.69 Å². The summed E-state index contributed by atoms with van der Waals surface area (Å²) in [7, 11) is 0. The van der Waals surface area contributed by atoms with Gasteiger partial charge in [0.25, 0.3) is 0 Å². The lowest BCUT2D eigenvalue weighted by atomic mass is 9.96. The number of hydrazine groups is 1. The van der Waals surface area contributed by atoms with E-state index in [0.29, 0.717) is 0 Å². The molecule has 1 saturated heterocycles. The molecule has 4 atom stereocenters. The van der Waals surface area contributed by atoms with Crippen molar-refractivity contribution in [2.45, 2.75) is 31.0 Å². The number of hydrogen-bond acceptors (Lipinski definition) is 8. The highest BCUT2D eigenvalue weighted by molar-refractivity contribution is 5.29. The summed E-state index contributed by atoms with van der Waals surface area (Å²) in [6.45, 7) is 0.845. The van der Waals surface area contributed by atoms with E-state index in [2.05, 4.69) is 10.4 Å². The summed E-state index contributed by atoms with van der Waals surface area (Å²) in [6.07, 6.45) is -2.11. The Balaban J connectivity index is 2.39. The minimum absolute atomic E-state index is 0.165. The van der Waals surface area contributed by atoms with E-state index in [0.717, 1.165) is 4.57 Å². The third-order valence-electron chi connectivity index (χ3n) is 3.17. The first-order chi connectivity index (χ1) is 8.91. The number of nitrogens with one attached hydrogen (secondary N) is 1. The second-order valence-electron chi connectivity index (χ2n) is 4.53. The van der Waals surface area contributed by atoms with Gasteiger partial charge in [-0.15, -0.1) is 0 Å². The number of aromatic nitrogens is 2. The van der Waals surface area contributed by atoms with Gasteiger partial charge in [0.1, 0.15) is 23.6 Å². The molecule has 9 nitrogen and oxygen atoms in total. The number of nitrogens with two attached hydrogens (primary N) is 1. The van der Waals surface area contributed by atoms with Crippen LogP contribution in [0.5, 0.6) is 0 Å². The van der Waals surface area contributed by atoms with Gasteiger partial charge in [-0.3, -0.25) is 4.57 Å². The molecule has 6 N–H and O–H groups in total.